The summed E-state index contributed by atoms with van der Waals surface area (Å²) in [4.78, 5) is 11.8. The highest BCUT2D eigenvalue weighted by atomic mass is 19.1. The maximum Gasteiger partial charge on any atom is 0.319 e. The molecule has 4 nitrogen and oxygen atoms in total. The molecule has 2 aromatic carbocycles. The minimum atomic E-state index is -0.566. The topological polar surface area (TPSA) is 50.4 Å². The number of carbonyl (C=O) groups excluding carboxylic acids is 1. The van der Waals surface area contributed by atoms with Gasteiger partial charge in [0.25, 0.3) is 0 Å². The van der Waals surface area contributed by atoms with Crippen LogP contribution in [0, 0.1) is 11.6 Å². The first kappa shape index (κ1) is 15.9. The monoisotopic (exact) mass is 306 g/mol. The van der Waals surface area contributed by atoms with Crippen molar-refractivity contribution in [2.45, 2.75) is 6.10 Å². The van der Waals surface area contributed by atoms with E-state index in [4.69, 9.17) is 4.74 Å². The van der Waals surface area contributed by atoms with Crippen LogP contribution in [0.1, 0.15) is 11.7 Å². The number of methoxy groups -OCH3 is 1. The van der Waals surface area contributed by atoms with E-state index < -0.39 is 18.0 Å². The van der Waals surface area contributed by atoms with Gasteiger partial charge in [0.15, 0.2) is 0 Å². The number of urea groups is 1. The number of benzene rings is 2. The lowest BCUT2D eigenvalue weighted by Gasteiger charge is -2.17. The molecule has 2 amide bonds. The lowest BCUT2D eigenvalue weighted by Crippen LogP contribution is -2.33. The minimum Gasteiger partial charge on any atom is -0.375 e. The van der Waals surface area contributed by atoms with Crippen LogP contribution < -0.4 is 10.6 Å². The molecule has 6 heteroatoms. The van der Waals surface area contributed by atoms with Gasteiger partial charge < -0.3 is 15.4 Å². The lowest BCUT2D eigenvalue weighted by molar-refractivity contribution is 0.104. The molecule has 0 radical (unpaired) electrons. The third-order valence-electron chi connectivity index (χ3n) is 3.08. The normalized spacial score (nSPS) is 11.8. The van der Waals surface area contributed by atoms with E-state index in [1.54, 1.807) is 18.2 Å². The molecule has 0 aliphatic heterocycles. The van der Waals surface area contributed by atoms with Gasteiger partial charge in [-0.15, -0.1) is 0 Å². The molecule has 0 spiro atoms. The van der Waals surface area contributed by atoms with E-state index in [2.05, 4.69) is 10.6 Å². The summed E-state index contributed by atoms with van der Waals surface area (Å²) in [6.45, 7) is 0.125. The Morgan fingerprint density at radius 1 is 1.18 bits per heavy atom. The Balaban J connectivity index is 1.93. The molecule has 0 heterocycles. The molecule has 0 saturated carbocycles. The number of rotatable bonds is 5. The van der Waals surface area contributed by atoms with Crippen LogP contribution >= 0.6 is 0 Å². The number of amides is 2. The molecule has 2 rings (SSSR count). The van der Waals surface area contributed by atoms with Gasteiger partial charge in [-0.05, 0) is 29.8 Å². The molecule has 22 heavy (non-hydrogen) atoms. The van der Waals surface area contributed by atoms with Crippen molar-refractivity contribution in [1.29, 1.82) is 0 Å². The van der Waals surface area contributed by atoms with Gasteiger partial charge in [0.05, 0.1) is 11.8 Å². The highest BCUT2D eigenvalue weighted by molar-refractivity contribution is 5.89. The maximum atomic E-state index is 13.4. The zero-order valence-corrected chi connectivity index (χ0v) is 12.0. The Hall–Kier alpha value is -2.47. The van der Waals surface area contributed by atoms with Crippen LogP contribution in [0.3, 0.4) is 0 Å². The van der Waals surface area contributed by atoms with Gasteiger partial charge in [-0.1, -0.05) is 24.3 Å². The predicted molar refractivity (Wildman–Crippen MR) is 79.6 cm³/mol. The molecule has 2 aromatic rings. The number of anilines is 1. The second kappa shape index (κ2) is 7.51. The molecule has 0 aliphatic rings. The number of hydrogen-bond acceptors (Lipinski definition) is 2. The van der Waals surface area contributed by atoms with Crippen molar-refractivity contribution in [3.8, 4) is 0 Å². The van der Waals surface area contributed by atoms with Gasteiger partial charge in [-0.2, -0.15) is 0 Å². The van der Waals surface area contributed by atoms with Gasteiger partial charge in [0.2, 0.25) is 0 Å². The van der Waals surface area contributed by atoms with Gasteiger partial charge >= 0.3 is 6.03 Å². The average molecular weight is 306 g/mol. The molecule has 0 fully saturated rings. The number of carbonyl (C=O) groups is 1. The fraction of sp³-hybridized carbons (Fsp3) is 0.188. The highest BCUT2D eigenvalue weighted by Crippen LogP contribution is 2.17. The minimum absolute atomic E-state index is 0.0831. The molecule has 2 N–H and O–H groups in total. The Bertz CT molecular complexity index is 650. The number of halogens is 2. The summed E-state index contributed by atoms with van der Waals surface area (Å²) in [5.74, 6) is -0.901. The average Bonchev–Trinajstić information content (AvgIpc) is 2.50. The fourth-order valence-electron chi connectivity index (χ4n) is 1.96. The van der Waals surface area contributed by atoms with Gasteiger partial charge in [0.1, 0.15) is 11.6 Å². The van der Waals surface area contributed by atoms with Gasteiger partial charge in [0, 0.05) is 13.7 Å². The largest absolute Gasteiger partial charge is 0.375 e. The number of para-hydroxylation sites is 1. The second-order valence-electron chi connectivity index (χ2n) is 4.59. The predicted octanol–water partition coefficient (Wildman–Crippen LogP) is 3.47. The number of ether oxygens (including phenoxy) is 1. The SMILES string of the molecule is COC(CNC(=O)Nc1ccccc1F)c1cccc(F)c1. The molecule has 0 saturated heterocycles. The first-order chi connectivity index (χ1) is 10.6. The van der Waals surface area contributed by atoms with Crippen LogP contribution in [0.15, 0.2) is 48.5 Å². The van der Waals surface area contributed by atoms with Crippen molar-refractivity contribution in [3.63, 3.8) is 0 Å². The van der Waals surface area contributed by atoms with Crippen LogP contribution in [0.5, 0.6) is 0 Å². The smallest absolute Gasteiger partial charge is 0.319 e. The van der Waals surface area contributed by atoms with Crippen molar-refractivity contribution in [1.82, 2.24) is 5.32 Å². The number of hydrogen-bond donors (Lipinski definition) is 2. The molecule has 0 aliphatic carbocycles. The van der Waals surface area contributed by atoms with E-state index >= 15 is 0 Å². The summed E-state index contributed by atoms with van der Waals surface area (Å²) in [5, 5.41) is 4.96. The summed E-state index contributed by atoms with van der Waals surface area (Å²) in [5.41, 5.74) is 0.688. The van der Waals surface area contributed by atoms with E-state index in [-0.39, 0.29) is 18.0 Å². The third kappa shape index (κ3) is 4.26. The molecule has 1 atom stereocenters. The maximum absolute atomic E-state index is 13.4. The Morgan fingerprint density at radius 3 is 2.64 bits per heavy atom. The van der Waals surface area contributed by atoms with E-state index in [9.17, 15) is 13.6 Å². The van der Waals surface area contributed by atoms with Crippen LogP contribution in [-0.4, -0.2) is 19.7 Å². The highest BCUT2D eigenvalue weighted by Gasteiger charge is 2.13. The Labute approximate surface area is 127 Å². The zero-order valence-electron chi connectivity index (χ0n) is 12.0. The van der Waals surface area contributed by atoms with E-state index in [0.29, 0.717) is 5.56 Å². The molecule has 0 bridgehead atoms. The molecule has 0 aromatic heterocycles. The standard InChI is InChI=1S/C16H16F2N2O2/c1-22-15(11-5-4-6-12(17)9-11)10-19-16(21)20-14-8-3-2-7-13(14)18/h2-9,15H,10H2,1H3,(H2,19,20,21). The van der Waals surface area contributed by atoms with Crippen LogP contribution in [-0.2, 0) is 4.74 Å². The second-order valence-corrected chi connectivity index (χ2v) is 4.59. The van der Waals surface area contributed by atoms with Crippen LogP contribution in [0.4, 0.5) is 19.3 Å². The molecular formula is C16H16F2N2O2. The Kier molecular flexibility index (Phi) is 5.43. The lowest BCUT2D eigenvalue weighted by atomic mass is 10.1. The summed E-state index contributed by atoms with van der Waals surface area (Å²) in [6, 6.07) is 11.2. The van der Waals surface area contributed by atoms with E-state index in [0.717, 1.165) is 0 Å². The van der Waals surface area contributed by atoms with Crippen LogP contribution in [0.25, 0.3) is 0 Å². The van der Waals surface area contributed by atoms with Crippen molar-refractivity contribution in [3.05, 3.63) is 65.7 Å². The van der Waals surface area contributed by atoms with Crippen molar-refractivity contribution >= 4 is 11.7 Å². The molecule has 1 unspecified atom stereocenters. The molecular weight excluding hydrogens is 290 g/mol. The van der Waals surface area contributed by atoms with Crippen molar-refractivity contribution < 1.29 is 18.3 Å². The van der Waals surface area contributed by atoms with Gasteiger partial charge in [-0.25, -0.2) is 13.6 Å². The fourth-order valence-corrected chi connectivity index (χ4v) is 1.96. The number of nitrogens with one attached hydrogen (secondary N) is 2. The summed E-state index contributed by atoms with van der Waals surface area (Å²) < 4.78 is 31.8. The van der Waals surface area contributed by atoms with E-state index in [1.165, 1.54) is 37.4 Å². The molecule has 116 valence electrons. The first-order valence-corrected chi connectivity index (χ1v) is 6.68. The van der Waals surface area contributed by atoms with Crippen molar-refractivity contribution in [2.75, 3.05) is 19.0 Å². The van der Waals surface area contributed by atoms with E-state index in [1.807, 2.05) is 0 Å². The quantitative estimate of drug-likeness (QED) is 0.888. The zero-order chi connectivity index (χ0) is 15.9. The Morgan fingerprint density at radius 2 is 1.95 bits per heavy atom. The summed E-state index contributed by atoms with van der Waals surface area (Å²) in [7, 11) is 1.46. The summed E-state index contributed by atoms with van der Waals surface area (Å²) >= 11 is 0. The van der Waals surface area contributed by atoms with Gasteiger partial charge in [-0.3, -0.25) is 0 Å². The van der Waals surface area contributed by atoms with Crippen molar-refractivity contribution in [2.24, 2.45) is 0 Å². The van der Waals surface area contributed by atoms with Crippen LogP contribution in [0.2, 0.25) is 0 Å². The third-order valence-corrected chi connectivity index (χ3v) is 3.08. The summed E-state index contributed by atoms with van der Waals surface area (Å²) in [6.07, 6.45) is -0.498. The first-order valence-electron chi connectivity index (χ1n) is 6.68.